The van der Waals surface area contributed by atoms with Crippen LogP contribution in [0, 0.1) is 0 Å². The molecule has 0 bridgehead atoms. The van der Waals surface area contributed by atoms with E-state index in [0.29, 0.717) is 5.56 Å². The molecule has 0 fully saturated rings. The molecule has 0 aliphatic carbocycles. The molecule has 0 aliphatic rings. The Kier molecular flexibility index (Phi) is 4.80. The maximum atomic E-state index is 11.0. The summed E-state index contributed by atoms with van der Waals surface area (Å²) in [7, 11) is 5.45. The molecule has 6 heteroatoms. The van der Waals surface area contributed by atoms with Crippen molar-refractivity contribution in [2.75, 3.05) is 20.6 Å². The number of benzene rings is 1. The highest BCUT2D eigenvalue weighted by Crippen LogP contribution is 2.22. The monoisotopic (exact) mass is 277 g/mol. The summed E-state index contributed by atoms with van der Waals surface area (Å²) in [6.07, 6.45) is 0.794. The summed E-state index contributed by atoms with van der Waals surface area (Å²) in [5.74, 6) is -0.390. The van der Waals surface area contributed by atoms with E-state index in [4.69, 9.17) is 10.7 Å². The molecule has 0 aromatic heterocycles. The topological polar surface area (TPSA) is 57.6 Å². The van der Waals surface area contributed by atoms with E-state index in [1.165, 1.54) is 6.07 Å². The predicted octanol–water partition coefficient (Wildman–Crippen LogP) is 1.56. The molecular weight excluding hydrogens is 262 g/mol. The van der Waals surface area contributed by atoms with Crippen LogP contribution in [0.2, 0.25) is 0 Å². The molecular formula is C11H16ClNO3S. The fraction of sp³-hybridized carbons (Fsp3) is 0.455. The zero-order chi connectivity index (χ0) is 13.1. The van der Waals surface area contributed by atoms with Crippen molar-refractivity contribution >= 4 is 19.7 Å². The second kappa shape index (κ2) is 5.71. The van der Waals surface area contributed by atoms with Gasteiger partial charge in [-0.1, -0.05) is 12.1 Å². The molecule has 17 heavy (non-hydrogen) atoms. The number of halogens is 1. The lowest BCUT2D eigenvalue weighted by molar-refractivity contribution is 0.413. The van der Waals surface area contributed by atoms with Crippen LogP contribution in [-0.4, -0.2) is 39.1 Å². The lowest BCUT2D eigenvalue weighted by atomic mass is 10.1. The zero-order valence-electron chi connectivity index (χ0n) is 9.85. The fourth-order valence-electron chi connectivity index (χ4n) is 1.45. The van der Waals surface area contributed by atoms with Gasteiger partial charge >= 0.3 is 0 Å². The summed E-state index contributed by atoms with van der Waals surface area (Å²) in [5, 5.41) is 9.54. The summed E-state index contributed by atoms with van der Waals surface area (Å²) in [6, 6.07) is 4.96. The molecule has 1 rings (SSSR count). The first kappa shape index (κ1) is 14.3. The number of hydrogen-bond donors (Lipinski definition) is 1. The smallest absolute Gasteiger partial charge is 0.236 e. The normalized spacial score (nSPS) is 12.0. The van der Waals surface area contributed by atoms with Gasteiger partial charge in [0.2, 0.25) is 9.05 Å². The molecule has 0 radical (unpaired) electrons. The summed E-state index contributed by atoms with van der Waals surface area (Å²) in [4.78, 5) is 2.03. The Bertz CT molecular complexity index is 485. The molecule has 0 aliphatic heterocycles. The summed E-state index contributed by atoms with van der Waals surface area (Å²) >= 11 is 0. The SMILES string of the molecule is CN(C)CCc1ccc(O)c(CS(=O)(=O)Cl)c1. The molecule has 96 valence electrons. The van der Waals surface area contributed by atoms with Gasteiger partial charge < -0.3 is 10.0 Å². The van der Waals surface area contributed by atoms with Crippen LogP contribution in [0.4, 0.5) is 0 Å². The average Bonchev–Trinajstić information content (AvgIpc) is 2.17. The van der Waals surface area contributed by atoms with Crippen molar-refractivity contribution < 1.29 is 13.5 Å². The van der Waals surface area contributed by atoms with Gasteiger partial charge in [-0.05, 0) is 32.1 Å². The van der Waals surface area contributed by atoms with E-state index in [-0.39, 0.29) is 11.5 Å². The maximum absolute atomic E-state index is 11.0. The Morgan fingerprint density at radius 2 is 2.00 bits per heavy atom. The highest BCUT2D eigenvalue weighted by Gasteiger charge is 2.11. The Labute approximate surface area is 106 Å². The van der Waals surface area contributed by atoms with E-state index < -0.39 is 9.05 Å². The quantitative estimate of drug-likeness (QED) is 0.830. The van der Waals surface area contributed by atoms with E-state index in [1.54, 1.807) is 12.1 Å². The van der Waals surface area contributed by atoms with Crippen LogP contribution in [0.15, 0.2) is 18.2 Å². The predicted molar refractivity (Wildman–Crippen MR) is 68.8 cm³/mol. The lowest BCUT2D eigenvalue weighted by Gasteiger charge is -2.10. The first-order chi connectivity index (χ1) is 7.78. The number of aromatic hydroxyl groups is 1. The molecule has 1 aromatic carbocycles. The molecule has 0 heterocycles. The molecule has 0 unspecified atom stereocenters. The van der Waals surface area contributed by atoms with Crippen LogP contribution in [0.3, 0.4) is 0 Å². The van der Waals surface area contributed by atoms with E-state index in [9.17, 15) is 13.5 Å². The Morgan fingerprint density at radius 3 is 2.53 bits per heavy atom. The molecule has 4 nitrogen and oxygen atoms in total. The third-order valence-corrected chi connectivity index (χ3v) is 3.30. The van der Waals surface area contributed by atoms with Gasteiger partial charge in [0.05, 0.1) is 5.75 Å². The second-order valence-electron chi connectivity index (χ2n) is 4.20. The Hall–Kier alpha value is -0.780. The summed E-state index contributed by atoms with van der Waals surface area (Å²) < 4.78 is 22.0. The standard InChI is InChI=1S/C11H16ClNO3S/c1-13(2)6-5-9-3-4-11(14)10(7-9)8-17(12,15)16/h3-4,7,14H,5-6,8H2,1-2H3. The number of likely N-dealkylation sites (N-methyl/N-ethyl adjacent to an activating group) is 1. The highest BCUT2D eigenvalue weighted by atomic mass is 35.7. The molecule has 0 saturated heterocycles. The fourth-order valence-corrected chi connectivity index (χ4v) is 2.40. The van der Waals surface area contributed by atoms with Gasteiger partial charge in [-0.25, -0.2) is 8.42 Å². The van der Waals surface area contributed by atoms with Gasteiger partial charge in [0.15, 0.2) is 0 Å². The van der Waals surface area contributed by atoms with Gasteiger partial charge in [-0.2, -0.15) is 0 Å². The van der Waals surface area contributed by atoms with Crippen molar-refractivity contribution in [1.29, 1.82) is 0 Å². The van der Waals surface area contributed by atoms with Crippen molar-refractivity contribution in [3.63, 3.8) is 0 Å². The van der Waals surface area contributed by atoms with Crippen LogP contribution < -0.4 is 0 Å². The zero-order valence-corrected chi connectivity index (χ0v) is 11.4. The third-order valence-electron chi connectivity index (χ3n) is 2.32. The minimum Gasteiger partial charge on any atom is -0.508 e. The molecule has 0 spiro atoms. The van der Waals surface area contributed by atoms with E-state index in [2.05, 4.69) is 0 Å². The molecule has 0 amide bonds. The van der Waals surface area contributed by atoms with Crippen LogP contribution in [0.1, 0.15) is 11.1 Å². The van der Waals surface area contributed by atoms with Crippen molar-refractivity contribution in [2.45, 2.75) is 12.2 Å². The van der Waals surface area contributed by atoms with Gasteiger partial charge in [-0.15, -0.1) is 0 Å². The van der Waals surface area contributed by atoms with Crippen LogP contribution in [0.5, 0.6) is 5.75 Å². The van der Waals surface area contributed by atoms with E-state index >= 15 is 0 Å². The van der Waals surface area contributed by atoms with E-state index in [0.717, 1.165) is 18.5 Å². The molecule has 0 atom stereocenters. The van der Waals surface area contributed by atoms with Crippen molar-refractivity contribution in [3.8, 4) is 5.75 Å². The highest BCUT2D eigenvalue weighted by molar-refractivity contribution is 8.13. The first-order valence-electron chi connectivity index (χ1n) is 5.16. The lowest BCUT2D eigenvalue weighted by Crippen LogP contribution is -2.15. The van der Waals surface area contributed by atoms with Gasteiger partial charge in [0.25, 0.3) is 0 Å². The van der Waals surface area contributed by atoms with Crippen molar-refractivity contribution in [1.82, 2.24) is 4.90 Å². The van der Waals surface area contributed by atoms with E-state index in [1.807, 2.05) is 19.0 Å². The number of phenols is 1. The minimum atomic E-state index is -3.65. The average molecular weight is 278 g/mol. The van der Waals surface area contributed by atoms with Crippen LogP contribution in [0.25, 0.3) is 0 Å². The number of phenolic OH excluding ortho intramolecular Hbond substituents is 1. The molecule has 0 saturated carbocycles. The van der Waals surface area contributed by atoms with Crippen molar-refractivity contribution in [2.24, 2.45) is 0 Å². The summed E-state index contributed by atoms with van der Waals surface area (Å²) in [6.45, 7) is 0.859. The van der Waals surface area contributed by atoms with Crippen LogP contribution >= 0.6 is 10.7 Å². The van der Waals surface area contributed by atoms with Crippen LogP contribution in [-0.2, 0) is 21.2 Å². The Morgan fingerprint density at radius 1 is 1.35 bits per heavy atom. The first-order valence-corrected chi connectivity index (χ1v) is 7.63. The molecule has 1 N–H and O–H groups in total. The summed E-state index contributed by atoms with van der Waals surface area (Å²) in [5.41, 5.74) is 1.32. The maximum Gasteiger partial charge on any atom is 0.236 e. The minimum absolute atomic E-state index is 0.0390. The Balaban J connectivity index is 2.87. The number of hydrogen-bond acceptors (Lipinski definition) is 4. The van der Waals surface area contributed by atoms with Gasteiger partial charge in [0.1, 0.15) is 5.75 Å². The van der Waals surface area contributed by atoms with Crippen molar-refractivity contribution in [3.05, 3.63) is 29.3 Å². The number of rotatable bonds is 5. The second-order valence-corrected chi connectivity index (χ2v) is 6.98. The third kappa shape index (κ3) is 5.39. The van der Waals surface area contributed by atoms with Gasteiger partial charge in [-0.3, -0.25) is 0 Å². The number of nitrogens with zero attached hydrogens (tertiary/aromatic N) is 1. The molecule has 1 aromatic rings. The largest absolute Gasteiger partial charge is 0.508 e. The van der Waals surface area contributed by atoms with Gasteiger partial charge in [0, 0.05) is 22.8 Å².